The highest BCUT2D eigenvalue weighted by molar-refractivity contribution is 5.96. The molecule has 2 unspecified atom stereocenters. The molecule has 9 nitrogen and oxygen atoms in total. The fourth-order valence-corrected chi connectivity index (χ4v) is 5.07. The molecule has 0 spiro atoms. The second kappa shape index (κ2) is 12.5. The molecule has 0 radical (unpaired) electrons. The molecule has 6 N–H and O–H groups in total. The average molecular weight is 538 g/mol. The van der Waals surface area contributed by atoms with Crippen molar-refractivity contribution >= 4 is 28.6 Å². The molecule has 4 aromatic rings. The highest BCUT2D eigenvalue weighted by Crippen LogP contribution is 2.28. The van der Waals surface area contributed by atoms with Gasteiger partial charge in [0.25, 0.3) is 5.91 Å². The number of amides is 1. The van der Waals surface area contributed by atoms with Crippen LogP contribution < -0.4 is 26.8 Å². The van der Waals surface area contributed by atoms with E-state index in [0.717, 1.165) is 53.7 Å². The molecule has 2 atom stereocenters. The van der Waals surface area contributed by atoms with Crippen molar-refractivity contribution in [1.82, 2.24) is 15.3 Å². The van der Waals surface area contributed by atoms with Crippen molar-refractivity contribution in [3.8, 4) is 11.5 Å². The number of guanidine groups is 1. The van der Waals surface area contributed by atoms with Gasteiger partial charge in [-0.15, -0.1) is 0 Å². The third-order valence-electron chi connectivity index (χ3n) is 7.04. The van der Waals surface area contributed by atoms with Crippen molar-refractivity contribution in [2.45, 2.75) is 51.1 Å². The van der Waals surface area contributed by atoms with Gasteiger partial charge in [-0.2, -0.15) is 0 Å². The van der Waals surface area contributed by atoms with Gasteiger partial charge in [0.2, 0.25) is 5.82 Å². The zero-order valence-electron chi connectivity index (χ0n) is 22.6. The number of anilines is 1. The lowest BCUT2D eigenvalue weighted by Gasteiger charge is -2.30. The Morgan fingerprint density at radius 3 is 2.60 bits per heavy atom. The largest absolute Gasteiger partial charge is 0.457 e. The first kappa shape index (κ1) is 26.9. The first-order chi connectivity index (χ1) is 19.5. The van der Waals surface area contributed by atoms with Crippen LogP contribution in [0, 0.1) is 6.92 Å². The molecule has 40 heavy (non-hydrogen) atoms. The van der Waals surface area contributed by atoms with Gasteiger partial charge in [0.05, 0.1) is 17.6 Å². The molecule has 1 heterocycles. The minimum absolute atomic E-state index is 0.00601. The minimum Gasteiger partial charge on any atom is -0.457 e. The van der Waals surface area contributed by atoms with Gasteiger partial charge >= 0.3 is 0 Å². The van der Waals surface area contributed by atoms with Gasteiger partial charge < -0.3 is 26.8 Å². The summed E-state index contributed by atoms with van der Waals surface area (Å²) in [6.45, 7) is 2.42. The number of aryl methyl sites for hydroxylation is 1. The molecule has 3 aromatic carbocycles. The quantitative estimate of drug-likeness (QED) is 0.179. The highest BCUT2D eigenvalue weighted by atomic mass is 16.5. The summed E-state index contributed by atoms with van der Waals surface area (Å²) in [5, 5.41) is 7.39. The number of carbonyl (C=O) groups excluding carboxylic acids is 1. The molecule has 0 aliphatic heterocycles. The van der Waals surface area contributed by atoms with Crippen molar-refractivity contribution in [3.05, 3.63) is 89.7 Å². The molecular formula is C31H35N7O2. The number of para-hydroxylation sites is 2. The van der Waals surface area contributed by atoms with Crippen LogP contribution in [-0.2, 0) is 6.42 Å². The fourth-order valence-electron chi connectivity index (χ4n) is 5.07. The van der Waals surface area contributed by atoms with Crippen LogP contribution >= 0.6 is 0 Å². The van der Waals surface area contributed by atoms with E-state index in [0.29, 0.717) is 24.3 Å². The van der Waals surface area contributed by atoms with Crippen molar-refractivity contribution < 1.29 is 9.53 Å². The number of aromatic nitrogens is 2. The smallest absolute Gasteiger partial charge is 0.289 e. The van der Waals surface area contributed by atoms with E-state index >= 15 is 0 Å². The Balaban J connectivity index is 1.32. The van der Waals surface area contributed by atoms with Crippen molar-refractivity contribution in [3.63, 3.8) is 0 Å². The molecule has 1 amide bonds. The number of benzene rings is 3. The van der Waals surface area contributed by atoms with Crippen LogP contribution in [0.15, 0.2) is 77.8 Å². The normalized spacial score (nSPS) is 16.7. The van der Waals surface area contributed by atoms with Crippen LogP contribution in [0.4, 0.5) is 5.82 Å². The lowest BCUT2D eigenvalue weighted by Crippen LogP contribution is -2.38. The van der Waals surface area contributed by atoms with Gasteiger partial charge in [0, 0.05) is 11.9 Å². The van der Waals surface area contributed by atoms with Crippen LogP contribution in [0.5, 0.6) is 11.5 Å². The lowest BCUT2D eigenvalue weighted by molar-refractivity contribution is 0.0944. The first-order valence-corrected chi connectivity index (χ1v) is 13.7. The number of hydrogen-bond donors (Lipinski definition) is 4. The predicted octanol–water partition coefficient (Wildman–Crippen LogP) is 4.70. The maximum atomic E-state index is 13.2. The van der Waals surface area contributed by atoms with Crippen LogP contribution in [0.2, 0.25) is 0 Å². The van der Waals surface area contributed by atoms with E-state index in [1.165, 1.54) is 0 Å². The number of aliphatic imine (C=N–C) groups is 1. The molecule has 206 valence electrons. The number of fused-ring (bicyclic) bond motifs is 1. The van der Waals surface area contributed by atoms with Gasteiger partial charge in [-0.05, 0) is 62.1 Å². The van der Waals surface area contributed by atoms with E-state index in [9.17, 15) is 4.79 Å². The Morgan fingerprint density at radius 1 is 1.00 bits per heavy atom. The number of nitrogens with one attached hydrogen (secondary N) is 2. The number of nitrogens with zero attached hydrogens (tertiary/aromatic N) is 3. The zero-order chi connectivity index (χ0) is 27.9. The number of hydrogen-bond acceptors (Lipinski definition) is 6. The second-order valence-corrected chi connectivity index (χ2v) is 10.1. The Hall–Kier alpha value is -4.66. The van der Waals surface area contributed by atoms with Crippen LogP contribution in [0.3, 0.4) is 0 Å². The summed E-state index contributed by atoms with van der Waals surface area (Å²) in [7, 11) is 0. The predicted molar refractivity (Wildman–Crippen MR) is 159 cm³/mol. The summed E-state index contributed by atoms with van der Waals surface area (Å²) in [5.74, 6) is 1.99. The Morgan fingerprint density at radius 2 is 1.77 bits per heavy atom. The molecule has 1 saturated carbocycles. The van der Waals surface area contributed by atoms with Gasteiger partial charge in [0.1, 0.15) is 17.3 Å². The standard InChI is InChI=1S/C31H35N7O2/c1-20-15-16-24-23(19-20)28(36-25-12-6-7-13-26(25)37-31(32)33)38-29(35-24)30(39)34-18-17-21-9-5-8-14-27(21)40-22-10-3-2-4-11-22/h2-5,8-11,14-16,19,25-26H,6-7,12-13,17-18H2,1H3,(H,34,39)(H4,32,33,37)(H,35,36,38). The van der Waals surface area contributed by atoms with Crippen molar-refractivity contribution in [1.29, 1.82) is 0 Å². The Kier molecular flexibility index (Phi) is 8.39. The van der Waals surface area contributed by atoms with Crippen LogP contribution in [-0.4, -0.2) is 40.5 Å². The number of ether oxygens (including phenoxy) is 1. The van der Waals surface area contributed by atoms with E-state index in [-0.39, 0.29) is 29.8 Å². The minimum atomic E-state index is -0.337. The summed E-state index contributed by atoms with van der Waals surface area (Å²) in [6.07, 6.45) is 4.52. The lowest BCUT2D eigenvalue weighted by atomic mass is 9.90. The molecular weight excluding hydrogens is 502 g/mol. The third kappa shape index (κ3) is 6.66. The Labute approximate surface area is 234 Å². The molecule has 1 fully saturated rings. The summed E-state index contributed by atoms with van der Waals surface area (Å²) >= 11 is 0. The van der Waals surface area contributed by atoms with Gasteiger partial charge in [0.15, 0.2) is 5.96 Å². The molecule has 5 rings (SSSR count). The molecule has 1 aliphatic rings. The zero-order valence-corrected chi connectivity index (χ0v) is 22.6. The van der Waals surface area contributed by atoms with E-state index in [4.69, 9.17) is 16.2 Å². The van der Waals surface area contributed by atoms with E-state index in [1.54, 1.807) is 0 Å². The second-order valence-electron chi connectivity index (χ2n) is 10.1. The molecule has 1 aromatic heterocycles. The molecule has 0 saturated heterocycles. The van der Waals surface area contributed by atoms with Gasteiger partial charge in [-0.1, -0.05) is 60.9 Å². The maximum Gasteiger partial charge on any atom is 0.289 e. The van der Waals surface area contributed by atoms with Crippen molar-refractivity contribution in [2.24, 2.45) is 16.5 Å². The number of rotatable bonds is 9. The van der Waals surface area contributed by atoms with E-state index < -0.39 is 0 Å². The summed E-state index contributed by atoms with van der Waals surface area (Å²) < 4.78 is 6.06. The maximum absolute atomic E-state index is 13.2. The van der Waals surface area contributed by atoms with E-state index in [2.05, 4.69) is 25.6 Å². The SMILES string of the molecule is Cc1ccc2nc(C(=O)NCCc3ccccc3Oc3ccccc3)nc(NC3CCCCC3N=C(N)N)c2c1. The average Bonchev–Trinajstić information content (AvgIpc) is 2.95. The van der Waals surface area contributed by atoms with Crippen LogP contribution in [0.1, 0.15) is 47.4 Å². The molecule has 9 heteroatoms. The Bertz CT molecular complexity index is 1500. The molecule has 0 bridgehead atoms. The summed E-state index contributed by atoms with van der Waals surface area (Å²) in [4.78, 5) is 26.9. The first-order valence-electron chi connectivity index (χ1n) is 13.7. The number of nitrogens with two attached hydrogens (primary N) is 2. The molecule has 1 aliphatic carbocycles. The number of carbonyl (C=O) groups is 1. The van der Waals surface area contributed by atoms with Gasteiger partial charge in [-0.3, -0.25) is 4.79 Å². The summed E-state index contributed by atoms with van der Waals surface area (Å²) in [5.41, 5.74) is 14.2. The van der Waals surface area contributed by atoms with Crippen LogP contribution in [0.25, 0.3) is 10.9 Å². The van der Waals surface area contributed by atoms with Gasteiger partial charge in [-0.25, -0.2) is 15.0 Å². The third-order valence-corrected chi connectivity index (χ3v) is 7.04. The fraction of sp³-hybridized carbons (Fsp3) is 0.290. The van der Waals surface area contributed by atoms with E-state index in [1.807, 2.05) is 79.7 Å². The van der Waals surface area contributed by atoms with Crippen molar-refractivity contribution in [2.75, 3.05) is 11.9 Å². The monoisotopic (exact) mass is 537 g/mol. The summed E-state index contributed by atoms with van der Waals surface area (Å²) in [6, 6.07) is 23.3. The highest BCUT2D eigenvalue weighted by Gasteiger charge is 2.26. The topological polar surface area (TPSA) is 141 Å².